The number of nitrogens with one attached hydrogen (secondary N) is 1. The first-order valence-electron chi connectivity index (χ1n) is 9.33. The summed E-state index contributed by atoms with van der Waals surface area (Å²) in [4.78, 5) is 12.5. The van der Waals surface area contributed by atoms with Gasteiger partial charge in [0, 0.05) is 24.3 Å². The second-order valence-corrected chi connectivity index (χ2v) is 6.91. The molecule has 0 spiro atoms. The number of ether oxygens (including phenoxy) is 3. The molecule has 1 heterocycles. The Bertz CT molecular complexity index is 797. The van der Waals surface area contributed by atoms with Crippen LogP contribution in [0.3, 0.4) is 0 Å². The lowest BCUT2D eigenvalue weighted by Gasteiger charge is -2.14. The molecule has 1 aliphatic rings. The van der Waals surface area contributed by atoms with Gasteiger partial charge in [0.25, 0.3) is 5.91 Å². The molecule has 0 unspecified atom stereocenters. The standard InChI is InChI=1S/C22H27NO4/c1-15-6-8-19(11-16(15)2)27-14-18-12-17(7-9-21(18)25-3)22(24)23-13-20-5-4-10-26-20/h6-9,11-12,20H,4-5,10,13-14H2,1-3H3,(H,23,24)/t20-/m0/s1. The number of hydrogen-bond acceptors (Lipinski definition) is 4. The van der Waals surface area contributed by atoms with Crippen LogP contribution in [0.5, 0.6) is 11.5 Å². The normalized spacial score (nSPS) is 16.2. The van der Waals surface area contributed by atoms with Gasteiger partial charge in [-0.2, -0.15) is 0 Å². The molecule has 0 bridgehead atoms. The van der Waals surface area contributed by atoms with Crippen LogP contribution in [0.1, 0.15) is 39.9 Å². The van der Waals surface area contributed by atoms with Crippen LogP contribution in [0.4, 0.5) is 0 Å². The zero-order valence-corrected chi connectivity index (χ0v) is 16.2. The SMILES string of the molecule is COc1ccc(C(=O)NC[C@@H]2CCCO2)cc1COc1ccc(C)c(C)c1. The lowest BCUT2D eigenvalue weighted by Crippen LogP contribution is -2.31. The van der Waals surface area contributed by atoms with Gasteiger partial charge < -0.3 is 19.5 Å². The topological polar surface area (TPSA) is 56.8 Å². The van der Waals surface area contributed by atoms with Crippen molar-refractivity contribution in [2.24, 2.45) is 0 Å². The molecule has 144 valence electrons. The zero-order chi connectivity index (χ0) is 19.2. The molecule has 3 rings (SSSR count). The van der Waals surface area contributed by atoms with Gasteiger partial charge in [0.2, 0.25) is 0 Å². The van der Waals surface area contributed by atoms with Crippen molar-refractivity contribution in [2.45, 2.75) is 39.4 Å². The first-order chi connectivity index (χ1) is 13.1. The molecule has 2 aromatic carbocycles. The van der Waals surface area contributed by atoms with E-state index in [1.807, 2.05) is 24.3 Å². The number of rotatable bonds is 7. The summed E-state index contributed by atoms with van der Waals surface area (Å²) in [6, 6.07) is 11.4. The predicted molar refractivity (Wildman–Crippen MR) is 105 cm³/mol. The third kappa shape index (κ3) is 5.01. The van der Waals surface area contributed by atoms with E-state index >= 15 is 0 Å². The Kier molecular flexibility index (Phi) is 6.35. The molecule has 1 fully saturated rings. The Balaban J connectivity index is 1.66. The van der Waals surface area contributed by atoms with Gasteiger partial charge in [-0.05, 0) is 68.1 Å². The van der Waals surface area contributed by atoms with E-state index < -0.39 is 0 Å². The highest BCUT2D eigenvalue weighted by Crippen LogP contribution is 2.23. The van der Waals surface area contributed by atoms with Gasteiger partial charge in [-0.25, -0.2) is 0 Å². The molecule has 1 amide bonds. The molecule has 27 heavy (non-hydrogen) atoms. The molecule has 0 saturated carbocycles. The molecule has 1 atom stereocenters. The molecule has 2 aromatic rings. The summed E-state index contributed by atoms with van der Waals surface area (Å²) in [6.07, 6.45) is 2.18. The van der Waals surface area contributed by atoms with E-state index in [1.54, 1.807) is 19.2 Å². The Morgan fingerprint density at radius 1 is 1.19 bits per heavy atom. The highest BCUT2D eigenvalue weighted by molar-refractivity contribution is 5.94. The summed E-state index contributed by atoms with van der Waals surface area (Å²) >= 11 is 0. The van der Waals surface area contributed by atoms with E-state index in [0.717, 1.165) is 30.8 Å². The van der Waals surface area contributed by atoms with Gasteiger partial charge in [0.1, 0.15) is 18.1 Å². The van der Waals surface area contributed by atoms with Gasteiger partial charge >= 0.3 is 0 Å². The highest BCUT2D eigenvalue weighted by Gasteiger charge is 2.17. The maximum atomic E-state index is 12.5. The van der Waals surface area contributed by atoms with Crippen molar-refractivity contribution in [1.82, 2.24) is 5.32 Å². The smallest absolute Gasteiger partial charge is 0.251 e. The number of carbonyl (C=O) groups excluding carboxylic acids is 1. The number of benzene rings is 2. The third-order valence-corrected chi connectivity index (χ3v) is 4.93. The monoisotopic (exact) mass is 369 g/mol. The minimum absolute atomic E-state index is 0.111. The Morgan fingerprint density at radius 2 is 2.04 bits per heavy atom. The van der Waals surface area contributed by atoms with E-state index in [2.05, 4.69) is 19.2 Å². The third-order valence-electron chi connectivity index (χ3n) is 4.93. The van der Waals surface area contributed by atoms with Crippen LogP contribution in [0.25, 0.3) is 0 Å². The van der Waals surface area contributed by atoms with Crippen molar-refractivity contribution in [3.8, 4) is 11.5 Å². The van der Waals surface area contributed by atoms with E-state index in [9.17, 15) is 4.79 Å². The largest absolute Gasteiger partial charge is 0.496 e. The molecule has 1 aliphatic heterocycles. The predicted octanol–water partition coefficient (Wildman–Crippen LogP) is 3.80. The Labute approximate surface area is 160 Å². The van der Waals surface area contributed by atoms with Crippen molar-refractivity contribution in [1.29, 1.82) is 0 Å². The van der Waals surface area contributed by atoms with E-state index in [0.29, 0.717) is 24.5 Å². The van der Waals surface area contributed by atoms with Crippen LogP contribution in [0, 0.1) is 13.8 Å². The summed E-state index contributed by atoms with van der Waals surface area (Å²) in [5.74, 6) is 1.39. The van der Waals surface area contributed by atoms with Gasteiger partial charge in [-0.15, -0.1) is 0 Å². The number of aryl methyl sites for hydroxylation is 2. The fourth-order valence-electron chi connectivity index (χ4n) is 3.11. The van der Waals surface area contributed by atoms with Crippen LogP contribution in [-0.4, -0.2) is 32.3 Å². The Hall–Kier alpha value is -2.53. The van der Waals surface area contributed by atoms with Crippen LogP contribution < -0.4 is 14.8 Å². The fourth-order valence-corrected chi connectivity index (χ4v) is 3.11. The van der Waals surface area contributed by atoms with Gasteiger partial charge in [0.05, 0.1) is 13.2 Å². The van der Waals surface area contributed by atoms with Gasteiger partial charge in [-0.1, -0.05) is 6.07 Å². The second kappa shape index (κ2) is 8.91. The van der Waals surface area contributed by atoms with Crippen molar-refractivity contribution in [3.63, 3.8) is 0 Å². The lowest BCUT2D eigenvalue weighted by atomic mass is 10.1. The van der Waals surface area contributed by atoms with Crippen LogP contribution in [-0.2, 0) is 11.3 Å². The molecule has 5 heteroatoms. The molecule has 1 saturated heterocycles. The number of amides is 1. The van der Waals surface area contributed by atoms with Crippen molar-refractivity contribution in [3.05, 3.63) is 58.7 Å². The summed E-state index contributed by atoms with van der Waals surface area (Å²) in [5.41, 5.74) is 3.83. The molecule has 5 nitrogen and oxygen atoms in total. The maximum Gasteiger partial charge on any atom is 0.251 e. The van der Waals surface area contributed by atoms with E-state index in [1.165, 1.54) is 11.1 Å². The first kappa shape index (κ1) is 19.2. The Morgan fingerprint density at radius 3 is 2.74 bits per heavy atom. The minimum Gasteiger partial charge on any atom is -0.496 e. The summed E-state index contributed by atoms with van der Waals surface area (Å²) in [7, 11) is 1.62. The van der Waals surface area contributed by atoms with Crippen LogP contribution in [0.2, 0.25) is 0 Å². The van der Waals surface area contributed by atoms with Crippen molar-refractivity contribution < 1.29 is 19.0 Å². The number of methoxy groups -OCH3 is 1. The van der Waals surface area contributed by atoms with Gasteiger partial charge in [0.15, 0.2) is 0 Å². The second-order valence-electron chi connectivity index (χ2n) is 6.91. The molecule has 0 radical (unpaired) electrons. The van der Waals surface area contributed by atoms with Crippen molar-refractivity contribution >= 4 is 5.91 Å². The van der Waals surface area contributed by atoms with E-state index in [-0.39, 0.29) is 12.0 Å². The summed E-state index contributed by atoms with van der Waals surface area (Å²) in [6.45, 7) is 5.78. The highest BCUT2D eigenvalue weighted by atomic mass is 16.5. The zero-order valence-electron chi connectivity index (χ0n) is 16.2. The van der Waals surface area contributed by atoms with Crippen molar-refractivity contribution in [2.75, 3.05) is 20.3 Å². The lowest BCUT2D eigenvalue weighted by molar-refractivity contribution is 0.0857. The molecule has 1 N–H and O–H groups in total. The number of hydrogen-bond donors (Lipinski definition) is 1. The molecule has 0 aliphatic carbocycles. The first-order valence-corrected chi connectivity index (χ1v) is 9.33. The quantitative estimate of drug-likeness (QED) is 0.807. The number of carbonyl (C=O) groups is 1. The molecule has 0 aromatic heterocycles. The molecular weight excluding hydrogens is 342 g/mol. The van der Waals surface area contributed by atoms with Gasteiger partial charge in [-0.3, -0.25) is 4.79 Å². The van der Waals surface area contributed by atoms with Crippen LogP contribution in [0.15, 0.2) is 36.4 Å². The summed E-state index contributed by atoms with van der Waals surface area (Å²) in [5, 5.41) is 2.95. The van der Waals surface area contributed by atoms with E-state index in [4.69, 9.17) is 14.2 Å². The average molecular weight is 369 g/mol. The van der Waals surface area contributed by atoms with Crippen LogP contribution >= 0.6 is 0 Å². The summed E-state index contributed by atoms with van der Waals surface area (Å²) < 4.78 is 16.9. The fraction of sp³-hybridized carbons (Fsp3) is 0.409. The maximum absolute atomic E-state index is 12.5. The average Bonchev–Trinajstić information content (AvgIpc) is 3.20. The molecular formula is C22H27NO4. The minimum atomic E-state index is -0.111.